The zero-order chi connectivity index (χ0) is 9.14. The molecule has 1 unspecified atom stereocenters. The molecule has 0 aromatic heterocycles. The predicted octanol–water partition coefficient (Wildman–Crippen LogP) is -0.506. The van der Waals surface area contributed by atoms with Crippen LogP contribution in [0.5, 0.6) is 0 Å². The molecule has 0 amide bonds. The van der Waals surface area contributed by atoms with E-state index in [0.29, 0.717) is 12.8 Å². The van der Waals surface area contributed by atoms with E-state index in [1.54, 1.807) is 0 Å². The van der Waals surface area contributed by atoms with Gasteiger partial charge in [-0.05, 0) is 6.42 Å². The van der Waals surface area contributed by atoms with Crippen LogP contribution in [0.3, 0.4) is 0 Å². The van der Waals surface area contributed by atoms with Crippen LogP contribution in [0, 0.1) is 0 Å². The largest absolute Gasteiger partial charge is 0.480 e. The standard InChI is InChI=1S/C7H11NO4/c8-5(7(10)11)3-4-1-2-6(9)12-4/h4-5H,1-3,8H2,(H,10,11)/t4?,5-/m0/s1. The van der Waals surface area contributed by atoms with E-state index >= 15 is 0 Å². The summed E-state index contributed by atoms with van der Waals surface area (Å²) >= 11 is 0. The van der Waals surface area contributed by atoms with E-state index in [9.17, 15) is 9.59 Å². The highest BCUT2D eigenvalue weighted by Crippen LogP contribution is 2.17. The molecule has 2 atom stereocenters. The van der Waals surface area contributed by atoms with E-state index in [0.717, 1.165) is 0 Å². The third kappa shape index (κ3) is 2.20. The first kappa shape index (κ1) is 8.99. The number of hydrogen-bond acceptors (Lipinski definition) is 4. The molecule has 1 aliphatic rings. The highest BCUT2D eigenvalue weighted by atomic mass is 16.5. The molecule has 0 spiro atoms. The molecule has 0 saturated carbocycles. The van der Waals surface area contributed by atoms with Crippen molar-refractivity contribution in [2.75, 3.05) is 0 Å². The Morgan fingerprint density at radius 2 is 2.50 bits per heavy atom. The molecule has 0 aromatic carbocycles. The zero-order valence-electron chi connectivity index (χ0n) is 6.53. The Balaban J connectivity index is 2.32. The van der Waals surface area contributed by atoms with Crippen molar-refractivity contribution < 1.29 is 19.4 Å². The van der Waals surface area contributed by atoms with Crippen LogP contribution in [0.15, 0.2) is 0 Å². The summed E-state index contributed by atoms with van der Waals surface area (Å²) in [6.45, 7) is 0. The Morgan fingerprint density at radius 1 is 1.83 bits per heavy atom. The van der Waals surface area contributed by atoms with E-state index in [-0.39, 0.29) is 18.5 Å². The van der Waals surface area contributed by atoms with Crippen LogP contribution in [0.25, 0.3) is 0 Å². The average Bonchev–Trinajstić information content (AvgIpc) is 2.35. The fraction of sp³-hybridized carbons (Fsp3) is 0.714. The molecule has 1 aliphatic heterocycles. The van der Waals surface area contributed by atoms with Crippen molar-refractivity contribution in [1.29, 1.82) is 0 Å². The van der Waals surface area contributed by atoms with Gasteiger partial charge in [-0.15, -0.1) is 0 Å². The topological polar surface area (TPSA) is 89.6 Å². The number of aliphatic carboxylic acids is 1. The first-order valence-corrected chi connectivity index (χ1v) is 3.77. The summed E-state index contributed by atoms with van der Waals surface area (Å²) < 4.78 is 4.80. The second-order valence-electron chi connectivity index (χ2n) is 2.83. The second kappa shape index (κ2) is 3.53. The van der Waals surface area contributed by atoms with Gasteiger partial charge in [0.05, 0.1) is 0 Å². The fourth-order valence-electron chi connectivity index (χ4n) is 1.13. The SMILES string of the molecule is N[C@@H](CC1CCC(=O)O1)C(=O)O. The minimum absolute atomic E-state index is 0.209. The van der Waals surface area contributed by atoms with E-state index < -0.39 is 12.0 Å². The molecule has 5 nitrogen and oxygen atoms in total. The number of nitrogens with two attached hydrogens (primary N) is 1. The van der Waals surface area contributed by atoms with Crippen molar-refractivity contribution in [1.82, 2.24) is 0 Å². The zero-order valence-corrected chi connectivity index (χ0v) is 6.53. The molecule has 68 valence electrons. The van der Waals surface area contributed by atoms with Crippen LogP contribution in [-0.2, 0) is 14.3 Å². The van der Waals surface area contributed by atoms with Gasteiger partial charge in [0.15, 0.2) is 0 Å². The van der Waals surface area contributed by atoms with Crippen LogP contribution in [0.4, 0.5) is 0 Å². The third-order valence-electron chi connectivity index (χ3n) is 1.80. The van der Waals surface area contributed by atoms with E-state index in [2.05, 4.69) is 0 Å². The Morgan fingerprint density at radius 3 is 2.92 bits per heavy atom. The second-order valence-corrected chi connectivity index (χ2v) is 2.83. The highest BCUT2D eigenvalue weighted by Gasteiger charge is 2.27. The third-order valence-corrected chi connectivity index (χ3v) is 1.80. The quantitative estimate of drug-likeness (QED) is 0.561. The van der Waals surface area contributed by atoms with Gasteiger partial charge in [0.1, 0.15) is 12.1 Å². The van der Waals surface area contributed by atoms with Crippen molar-refractivity contribution in [3.05, 3.63) is 0 Å². The summed E-state index contributed by atoms with van der Waals surface area (Å²) in [5.41, 5.74) is 5.25. The maximum atomic E-state index is 10.6. The lowest BCUT2D eigenvalue weighted by molar-refractivity contribution is -0.145. The number of hydrogen-bond donors (Lipinski definition) is 2. The van der Waals surface area contributed by atoms with Gasteiger partial charge in [0.25, 0.3) is 0 Å². The molecular formula is C7H11NO4. The Hall–Kier alpha value is -1.10. The maximum Gasteiger partial charge on any atom is 0.320 e. The summed E-state index contributed by atoms with van der Waals surface area (Å²) in [5, 5.41) is 8.44. The van der Waals surface area contributed by atoms with Crippen molar-refractivity contribution in [3.63, 3.8) is 0 Å². The number of cyclic esters (lactones) is 1. The lowest BCUT2D eigenvalue weighted by Gasteiger charge is -2.11. The fourth-order valence-corrected chi connectivity index (χ4v) is 1.13. The molecule has 12 heavy (non-hydrogen) atoms. The van der Waals surface area contributed by atoms with Crippen molar-refractivity contribution >= 4 is 11.9 Å². The van der Waals surface area contributed by atoms with Crippen LogP contribution >= 0.6 is 0 Å². The molecule has 0 aromatic rings. The molecule has 0 aliphatic carbocycles. The summed E-state index contributed by atoms with van der Waals surface area (Å²) in [5.74, 6) is -1.32. The Labute approximate surface area is 69.5 Å². The summed E-state index contributed by atoms with van der Waals surface area (Å²) in [4.78, 5) is 20.9. The monoisotopic (exact) mass is 173 g/mol. The summed E-state index contributed by atoms with van der Waals surface area (Å²) in [6, 6.07) is -0.930. The number of carbonyl (C=O) groups is 2. The number of carbonyl (C=O) groups excluding carboxylic acids is 1. The van der Waals surface area contributed by atoms with E-state index in [1.165, 1.54) is 0 Å². The summed E-state index contributed by atoms with van der Waals surface area (Å²) in [6.07, 6.45) is 0.862. The molecule has 0 radical (unpaired) electrons. The molecule has 5 heteroatoms. The van der Waals surface area contributed by atoms with Crippen molar-refractivity contribution in [2.24, 2.45) is 5.73 Å². The minimum Gasteiger partial charge on any atom is -0.480 e. The van der Waals surface area contributed by atoms with Gasteiger partial charge in [0, 0.05) is 12.8 Å². The van der Waals surface area contributed by atoms with Gasteiger partial charge in [-0.25, -0.2) is 0 Å². The number of carboxylic acid groups (broad SMARTS) is 1. The molecule has 1 saturated heterocycles. The van der Waals surface area contributed by atoms with Gasteiger partial charge >= 0.3 is 11.9 Å². The van der Waals surface area contributed by atoms with Crippen molar-refractivity contribution in [2.45, 2.75) is 31.4 Å². The van der Waals surface area contributed by atoms with Crippen LogP contribution in [-0.4, -0.2) is 29.2 Å². The summed E-state index contributed by atoms with van der Waals surface area (Å²) in [7, 11) is 0. The maximum absolute atomic E-state index is 10.6. The van der Waals surface area contributed by atoms with Crippen LogP contribution in [0.1, 0.15) is 19.3 Å². The lowest BCUT2D eigenvalue weighted by Crippen LogP contribution is -2.33. The number of esters is 1. The molecular weight excluding hydrogens is 162 g/mol. The molecule has 1 heterocycles. The highest BCUT2D eigenvalue weighted by molar-refractivity contribution is 5.74. The predicted molar refractivity (Wildman–Crippen MR) is 39.3 cm³/mol. The molecule has 3 N–H and O–H groups in total. The molecule has 0 bridgehead atoms. The normalized spacial score (nSPS) is 25.1. The number of carboxylic acids is 1. The average molecular weight is 173 g/mol. The lowest BCUT2D eigenvalue weighted by atomic mass is 10.1. The van der Waals surface area contributed by atoms with E-state index in [1.807, 2.05) is 0 Å². The Kier molecular flexibility index (Phi) is 2.65. The van der Waals surface area contributed by atoms with Gasteiger partial charge in [-0.1, -0.05) is 0 Å². The molecule has 1 rings (SSSR count). The first-order chi connectivity index (χ1) is 5.59. The minimum atomic E-state index is -1.06. The number of ether oxygens (including phenoxy) is 1. The first-order valence-electron chi connectivity index (χ1n) is 3.77. The van der Waals surface area contributed by atoms with Gasteiger partial charge in [-0.3, -0.25) is 9.59 Å². The van der Waals surface area contributed by atoms with Crippen molar-refractivity contribution in [3.8, 4) is 0 Å². The van der Waals surface area contributed by atoms with Crippen LogP contribution < -0.4 is 5.73 Å². The van der Waals surface area contributed by atoms with Gasteiger partial charge in [0.2, 0.25) is 0 Å². The van der Waals surface area contributed by atoms with Crippen LogP contribution in [0.2, 0.25) is 0 Å². The van der Waals surface area contributed by atoms with E-state index in [4.69, 9.17) is 15.6 Å². The van der Waals surface area contributed by atoms with Gasteiger partial charge < -0.3 is 15.6 Å². The molecule has 1 fully saturated rings. The Bertz CT molecular complexity index is 204. The number of rotatable bonds is 3. The smallest absolute Gasteiger partial charge is 0.320 e. The van der Waals surface area contributed by atoms with Gasteiger partial charge in [-0.2, -0.15) is 0 Å².